The molecular formula is C79H136N2O6P+. The standard InChI is InChI=1S/C79H135N2O6P/c1-6-8-10-12-14-16-18-20-22-24-26-28-30-32-33-34-35-36-37-38-39-40-41-42-43-44-45-46-47-49-51-53-55-57-59-61-63-65-67-69-71-73-79(83)80-77(76-87-88(84,85)86-75-74-81(3,4)5)78(82)72-70-68-66-64-62-60-58-56-54-52-50-48-31-29-27-25-23-21-19-17-15-13-11-9-7-2/h8,10,14,16,20,22,26,28,32-33,35-36,38-39,41-42,44-45,47,49,53,55,59,61,70,72,77-78,82H,6-7,9,11-13,15,17-19,21,23-25,27,29-31,34,37,40,43,46,48,50-52,54,56-58,60,62-69,71,73-76H2,1-5H3,(H-,80,83,84,85)/p+1/b10-8-,16-14-,22-20-,28-26-,33-32-,36-35-,39-38-,42-41-,45-44-,49-47-,55-53-,61-59-,72-70+. The highest BCUT2D eigenvalue weighted by atomic mass is 31.2. The molecule has 3 atom stereocenters. The van der Waals surface area contributed by atoms with Crippen LogP contribution in [0.15, 0.2) is 158 Å². The van der Waals surface area contributed by atoms with E-state index in [1.807, 2.05) is 27.2 Å². The molecule has 3 N–H and O–H groups in total. The lowest BCUT2D eigenvalue weighted by atomic mass is 10.0. The highest BCUT2D eigenvalue weighted by Crippen LogP contribution is 2.43. The summed E-state index contributed by atoms with van der Waals surface area (Å²) in [6.45, 7) is 4.69. The van der Waals surface area contributed by atoms with Gasteiger partial charge in [-0.05, 0) is 109 Å². The fourth-order valence-electron chi connectivity index (χ4n) is 9.73. The Morgan fingerprint density at radius 3 is 1.00 bits per heavy atom. The van der Waals surface area contributed by atoms with Crippen LogP contribution in [0.25, 0.3) is 0 Å². The van der Waals surface area contributed by atoms with E-state index in [1.165, 1.54) is 135 Å². The largest absolute Gasteiger partial charge is 0.472 e. The topological polar surface area (TPSA) is 105 Å². The molecular weight excluding hydrogens is 1100 g/mol. The van der Waals surface area contributed by atoms with Crippen LogP contribution in [0.4, 0.5) is 0 Å². The summed E-state index contributed by atoms with van der Waals surface area (Å²) in [5.41, 5.74) is 0. The maximum Gasteiger partial charge on any atom is 0.472 e. The molecule has 0 heterocycles. The maximum absolute atomic E-state index is 13.0. The van der Waals surface area contributed by atoms with Gasteiger partial charge in [0, 0.05) is 6.42 Å². The quantitative estimate of drug-likeness (QED) is 0.0243. The normalized spacial score (nSPS) is 14.6. The number of likely N-dealkylation sites (N-methyl/N-ethyl adjacent to an activating group) is 1. The van der Waals surface area contributed by atoms with E-state index in [2.05, 4.69) is 165 Å². The fourth-order valence-corrected chi connectivity index (χ4v) is 10.5. The van der Waals surface area contributed by atoms with E-state index in [1.54, 1.807) is 6.08 Å². The number of carbonyl (C=O) groups excluding carboxylic acids is 1. The summed E-state index contributed by atoms with van der Waals surface area (Å²) >= 11 is 0. The molecule has 0 bridgehead atoms. The Morgan fingerprint density at radius 2 is 0.682 bits per heavy atom. The van der Waals surface area contributed by atoms with Gasteiger partial charge < -0.3 is 19.8 Å². The minimum Gasteiger partial charge on any atom is -0.387 e. The van der Waals surface area contributed by atoms with Crippen LogP contribution in [0.3, 0.4) is 0 Å². The van der Waals surface area contributed by atoms with Gasteiger partial charge in [-0.2, -0.15) is 0 Å². The summed E-state index contributed by atoms with van der Waals surface area (Å²) in [5.74, 6) is -0.205. The highest BCUT2D eigenvalue weighted by molar-refractivity contribution is 7.47. The molecule has 8 nitrogen and oxygen atoms in total. The predicted octanol–water partition coefficient (Wildman–Crippen LogP) is 23.3. The predicted molar refractivity (Wildman–Crippen MR) is 387 cm³/mol. The molecule has 0 aliphatic carbocycles. The summed E-state index contributed by atoms with van der Waals surface area (Å²) in [5, 5.41) is 14.0. The van der Waals surface area contributed by atoms with E-state index in [4.69, 9.17) is 9.05 Å². The van der Waals surface area contributed by atoms with Gasteiger partial charge in [-0.15, -0.1) is 0 Å². The Hall–Kier alpha value is -3.88. The number of allylic oxidation sites excluding steroid dienone is 25. The van der Waals surface area contributed by atoms with Crippen molar-refractivity contribution in [3.05, 3.63) is 158 Å². The number of amides is 1. The molecule has 0 aromatic carbocycles. The van der Waals surface area contributed by atoms with Gasteiger partial charge in [0.1, 0.15) is 13.2 Å². The third kappa shape index (κ3) is 69.6. The zero-order valence-corrected chi connectivity index (χ0v) is 58.3. The third-order valence-corrected chi connectivity index (χ3v) is 16.2. The van der Waals surface area contributed by atoms with Gasteiger partial charge in [0.25, 0.3) is 0 Å². The Kier molecular flexibility index (Phi) is 64.5. The van der Waals surface area contributed by atoms with Crippen molar-refractivity contribution in [2.24, 2.45) is 0 Å². The lowest BCUT2D eigenvalue weighted by Gasteiger charge is -2.25. The van der Waals surface area contributed by atoms with E-state index in [0.717, 1.165) is 128 Å². The summed E-state index contributed by atoms with van der Waals surface area (Å²) in [7, 11) is 1.54. The molecule has 0 radical (unpaired) electrons. The van der Waals surface area contributed by atoms with Crippen LogP contribution in [0.2, 0.25) is 0 Å². The Balaban J connectivity index is 4.20. The van der Waals surface area contributed by atoms with Gasteiger partial charge in [-0.1, -0.05) is 326 Å². The van der Waals surface area contributed by atoms with Crippen molar-refractivity contribution in [1.29, 1.82) is 0 Å². The van der Waals surface area contributed by atoms with E-state index >= 15 is 0 Å². The van der Waals surface area contributed by atoms with Crippen LogP contribution in [0.1, 0.15) is 284 Å². The van der Waals surface area contributed by atoms with Gasteiger partial charge in [-0.25, -0.2) is 4.57 Å². The molecule has 0 aliphatic rings. The molecule has 0 saturated heterocycles. The summed E-state index contributed by atoms with van der Waals surface area (Å²) in [6, 6.07) is -0.874. The number of unbranched alkanes of at least 4 members (excludes halogenated alkanes) is 27. The number of nitrogens with one attached hydrogen (secondary N) is 1. The van der Waals surface area contributed by atoms with E-state index < -0.39 is 20.0 Å². The highest BCUT2D eigenvalue weighted by Gasteiger charge is 2.28. The molecule has 0 spiro atoms. The SMILES string of the molecule is CC/C=C\C/C=C\C/C=C\C/C=C\C/C=C\C/C=C\C/C=C\C/C=C\C/C=C\C/C=C\C/C=C\C/C=C\CCCCCCC(=O)NC(COP(=O)(O)OCC[N+](C)(C)C)C(O)/C=C/CCCCCCCCCCCCCCCCCCCCCCCCC. The molecule has 0 aliphatic heterocycles. The van der Waals surface area contributed by atoms with Gasteiger partial charge >= 0.3 is 7.82 Å². The summed E-state index contributed by atoms with van der Waals surface area (Å²) < 4.78 is 23.8. The summed E-state index contributed by atoms with van der Waals surface area (Å²) in [4.78, 5) is 23.4. The number of phosphoric ester groups is 1. The lowest BCUT2D eigenvalue weighted by molar-refractivity contribution is -0.870. The number of aliphatic hydroxyl groups is 1. The number of hydrogen-bond acceptors (Lipinski definition) is 5. The molecule has 1 amide bonds. The van der Waals surface area contributed by atoms with Gasteiger partial charge in [0.2, 0.25) is 5.91 Å². The minimum absolute atomic E-state index is 0.0485. The number of hydrogen-bond donors (Lipinski definition) is 3. The maximum atomic E-state index is 13.0. The number of rotatable bonds is 64. The number of carbonyl (C=O) groups is 1. The number of aliphatic hydroxyl groups excluding tert-OH is 1. The van der Waals surface area contributed by atoms with Gasteiger partial charge in [0.15, 0.2) is 0 Å². The number of phosphoric acid groups is 1. The number of quaternary nitrogens is 1. The van der Waals surface area contributed by atoms with Crippen molar-refractivity contribution in [3.8, 4) is 0 Å². The second kappa shape index (κ2) is 67.5. The van der Waals surface area contributed by atoms with Crippen LogP contribution in [0, 0.1) is 0 Å². The first-order valence-corrected chi connectivity index (χ1v) is 37.4. The van der Waals surface area contributed by atoms with Gasteiger partial charge in [-0.3, -0.25) is 13.8 Å². The Labute approximate surface area is 543 Å². The summed E-state index contributed by atoms with van der Waals surface area (Å²) in [6.07, 6.45) is 105. The smallest absolute Gasteiger partial charge is 0.387 e. The van der Waals surface area contributed by atoms with Gasteiger partial charge in [0.05, 0.1) is 39.9 Å². The van der Waals surface area contributed by atoms with E-state index in [-0.39, 0.29) is 19.1 Å². The molecule has 0 aromatic heterocycles. The molecule has 0 aromatic rings. The van der Waals surface area contributed by atoms with Crippen LogP contribution >= 0.6 is 7.82 Å². The fraction of sp³-hybridized carbons (Fsp3) is 0.658. The Morgan fingerprint density at radius 1 is 0.398 bits per heavy atom. The van der Waals surface area contributed by atoms with Crippen molar-refractivity contribution in [3.63, 3.8) is 0 Å². The minimum atomic E-state index is -4.37. The van der Waals surface area contributed by atoms with Crippen LogP contribution in [-0.4, -0.2) is 73.4 Å². The second-order valence-electron chi connectivity index (χ2n) is 24.9. The zero-order chi connectivity index (χ0) is 64.1. The average molecular weight is 1240 g/mol. The first-order chi connectivity index (χ1) is 43.0. The number of nitrogens with zero attached hydrogens (tertiary/aromatic N) is 1. The lowest BCUT2D eigenvalue weighted by Crippen LogP contribution is -2.45. The van der Waals surface area contributed by atoms with E-state index in [0.29, 0.717) is 17.4 Å². The molecule has 9 heteroatoms. The van der Waals surface area contributed by atoms with Crippen molar-refractivity contribution < 1.29 is 32.9 Å². The Bertz CT molecular complexity index is 1990. The monoisotopic (exact) mass is 1240 g/mol. The van der Waals surface area contributed by atoms with Crippen molar-refractivity contribution in [2.45, 2.75) is 296 Å². The first-order valence-electron chi connectivity index (χ1n) is 35.9. The molecule has 88 heavy (non-hydrogen) atoms. The van der Waals surface area contributed by atoms with Crippen LogP contribution < -0.4 is 5.32 Å². The van der Waals surface area contributed by atoms with Crippen LogP contribution in [0.5, 0.6) is 0 Å². The average Bonchev–Trinajstić information content (AvgIpc) is 3.71. The van der Waals surface area contributed by atoms with Crippen molar-refractivity contribution in [2.75, 3.05) is 40.9 Å². The zero-order valence-electron chi connectivity index (χ0n) is 57.4. The molecule has 0 saturated carbocycles. The van der Waals surface area contributed by atoms with Crippen LogP contribution in [-0.2, 0) is 18.4 Å². The molecule has 3 unspecified atom stereocenters. The molecule has 502 valence electrons. The van der Waals surface area contributed by atoms with Crippen molar-refractivity contribution >= 4 is 13.7 Å². The third-order valence-electron chi connectivity index (χ3n) is 15.3. The van der Waals surface area contributed by atoms with Crippen molar-refractivity contribution in [1.82, 2.24) is 5.32 Å². The van der Waals surface area contributed by atoms with E-state index in [9.17, 15) is 19.4 Å². The second-order valence-corrected chi connectivity index (χ2v) is 26.3. The molecule has 0 rings (SSSR count). The molecule has 0 fully saturated rings. The first kappa shape index (κ1) is 84.1.